The summed E-state index contributed by atoms with van der Waals surface area (Å²) >= 11 is 0. The maximum absolute atomic E-state index is 12.0. The van der Waals surface area contributed by atoms with Crippen molar-refractivity contribution in [3.8, 4) is 0 Å². The average Bonchev–Trinajstić information content (AvgIpc) is 3.01. The number of amides is 1. The fraction of sp³-hybridized carbons (Fsp3) is 0.944. The minimum absolute atomic E-state index is 0.266. The minimum Gasteiger partial charge on any atom is -0.356 e. The molecule has 1 aliphatic heterocycles. The highest BCUT2D eigenvalue weighted by atomic mass is 16.1. The third-order valence-electron chi connectivity index (χ3n) is 5.53. The summed E-state index contributed by atoms with van der Waals surface area (Å²) in [4.78, 5) is 12.0. The first-order chi connectivity index (χ1) is 10.3. The maximum atomic E-state index is 12.0. The molecule has 1 saturated heterocycles. The Hall–Kier alpha value is -0.570. The van der Waals surface area contributed by atoms with Crippen LogP contribution in [0, 0.1) is 17.8 Å². The van der Waals surface area contributed by atoms with Gasteiger partial charge in [-0.25, -0.2) is 0 Å². The quantitative estimate of drug-likeness (QED) is 0.673. The van der Waals surface area contributed by atoms with Crippen molar-refractivity contribution < 1.29 is 4.79 Å². The zero-order valence-corrected chi connectivity index (χ0v) is 13.8. The molecule has 1 atom stereocenters. The highest BCUT2D eigenvalue weighted by molar-refractivity contribution is 5.76. The summed E-state index contributed by atoms with van der Waals surface area (Å²) in [7, 11) is 0. The summed E-state index contributed by atoms with van der Waals surface area (Å²) in [6, 6.07) is 0. The van der Waals surface area contributed by atoms with Crippen molar-refractivity contribution in [2.45, 2.75) is 71.1 Å². The van der Waals surface area contributed by atoms with E-state index in [9.17, 15) is 4.79 Å². The van der Waals surface area contributed by atoms with E-state index >= 15 is 0 Å². The molecular weight excluding hydrogens is 260 g/mol. The first kappa shape index (κ1) is 16.8. The van der Waals surface area contributed by atoms with Crippen molar-refractivity contribution in [2.75, 3.05) is 19.6 Å². The second-order valence-corrected chi connectivity index (χ2v) is 7.27. The lowest BCUT2D eigenvalue weighted by molar-refractivity contribution is -0.122. The third kappa shape index (κ3) is 6.37. The Balaban J connectivity index is 1.48. The summed E-state index contributed by atoms with van der Waals surface area (Å²) < 4.78 is 0. The van der Waals surface area contributed by atoms with E-state index in [1.807, 2.05) is 0 Å². The molecule has 2 N–H and O–H groups in total. The van der Waals surface area contributed by atoms with Crippen molar-refractivity contribution in [1.29, 1.82) is 0 Å². The van der Waals surface area contributed by atoms with Gasteiger partial charge < -0.3 is 10.6 Å². The van der Waals surface area contributed by atoms with Crippen LogP contribution in [0.1, 0.15) is 71.1 Å². The number of nitrogens with one attached hydrogen (secondary N) is 2. The molecule has 0 aromatic carbocycles. The average molecular weight is 294 g/mol. The van der Waals surface area contributed by atoms with Gasteiger partial charge in [-0.05, 0) is 50.1 Å². The lowest BCUT2D eigenvalue weighted by Gasteiger charge is -2.27. The Morgan fingerprint density at radius 1 is 1.14 bits per heavy atom. The molecule has 1 unspecified atom stereocenters. The van der Waals surface area contributed by atoms with Crippen LogP contribution < -0.4 is 10.6 Å². The number of unbranched alkanes of at least 4 members (excludes halogenated alkanes) is 1. The molecule has 1 saturated carbocycles. The van der Waals surface area contributed by atoms with E-state index in [0.29, 0.717) is 12.3 Å². The monoisotopic (exact) mass is 294 g/mol. The maximum Gasteiger partial charge on any atom is 0.220 e. The van der Waals surface area contributed by atoms with E-state index in [2.05, 4.69) is 17.6 Å². The Bertz CT molecular complexity index is 294. The number of rotatable bonds is 8. The second-order valence-electron chi connectivity index (χ2n) is 7.27. The molecule has 122 valence electrons. The molecule has 1 amide bonds. The Morgan fingerprint density at radius 3 is 2.57 bits per heavy atom. The van der Waals surface area contributed by atoms with E-state index in [4.69, 9.17) is 0 Å². The summed E-state index contributed by atoms with van der Waals surface area (Å²) in [5.74, 6) is 2.52. The second kappa shape index (κ2) is 9.45. The Kier molecular flexibility index (Phi) is 7.56. The molecule has 0 bridgehead atoms. The molecule has 2 rings (SSSR count). The van der Waals surface area contributed by atoms with Crippen LogP contribution in [0.15, 0.2) is 0 Å². The van der Waals surface area contributed by atoms with Crippen LogP contribution in [0.5, 0.6) is 0 Å². The highest BCUT2D eigenvalue weighted by Crippen LogP contribution is 2.28. The van der Waals surface area contributed by atoms with Gasteiger partial charge in [0.1, 0.15) is 0 Å². The largest absolute Gasteiger partial charge is 0.356 e. The SMILES string of the molecule is CC(CC(=O)NCCCCC1CCCC1)C1CCNCC1. The predicted molar refractivity (Wildman–Crippen MR) is 88.2 cm³/mol. The van der Waals surface area contributed by atoms with E-state index in [0.717, 1.165) is 37.9 Å². The van der Waals surface area contributed by atoms with Crippen LogP contribution >= 0.6 is 0 Å². The van der Waals surface area contributed by atoms with Crippen LogP contribution in [0.25, 0.3) is 0 Å². The zero-order chi connectivity index (χ0) is 14.9. The van der Waals surface area contributed by atoms with Crippen molar-refractivity contribution >= 4 is 5.91 Å². The van der Waals surface area contributed by atoms with Crippen LogP contribution in [0.4, 0.5) is 0 Å². The van der Waals surface area contributed by atoms with Crippen molar-refractivity contribution in [3.63, 3.8) is 0 Å². The van der Waals surface area contributed by atoms with E-state index < -0.39 is 0 Å². The van der Waals surface area contributed by atoms with Crippen LogP contribution in [0.2, 0.25) is 0 Å². The normalized spacial score (nSPS) is 22.3. The fourth-order valence-corrected chi connectivity index (χ4v) is 4.03. The molecule has 3 nitrogen and oxygen atoms in total. The van der Waals surface area contributed by atoms with E-state index in [1.54, 1.807) is 0 Å². The Morgan fingerprint density at radius 2 is 1.86 bits per heavy atom. The van der Waals surface area contributed by atoms with Gasteiger partial charge in [-0.3, -0.25) is 4.79 Å². The van der Waals surface area contributed by atoms with E-state index in [-0.39, 0.29) is 5.91 Å². The molecule has 0 spiro atoms. The molecule has 2 aliphatic rings. The zero-order valence-electron chi connectivity index (χ0n) is 13.8. The Labute approximate surface area is 130 Å². The van der Waals surface area contributed by atoms with Gasteiger partial charge in [0.2, 0.25) is 5.91 Å². The third-order valence-corrected chi connectivity index (χ3v) is 5.53. The topological polar surface area (TPSA) is 41.1 Å². The minimum atomic E-state index is 0.266. The van der Waals surface area contributed by atoms with Crippen molar-refractivity contribution in [3.05, 3.63) is 0 Å². The fourth-order valence-electron chi connectivity index (χ4n) is 4.03. The standard InChI is InChI=1S/C18H34N2O/c1-15(17-9-12-19-13-10-17)14-18(21)20-11-5-4-8-16-6-2-3-7-16/h15-17,19H,2-14H2,1H3,(H,20,21). The molecule has 1 heterocycles. The van der Waals surface area contributed by atoms with Gasteiger partial charge in [0, 0.05) is 13.0 Å². The number of carbonyl (C=O) groups excluding carboxylic acids is 1. The van der Waals surface area contributed by atoms with Gasteiger partial charge >= 0.3 is 0 Å². The van der Waals surface area contributed by atoms with Gasteiger partial charge in [0.25, 0.3) is 0 Å². The first-order valence-electron chi connectivity index (χ1n) is 9.23. The summed E-state index contributed by atoms with van der Waals surface area (Å²) in [6.07, 6.45) is 12.8. The van der Waals surface area contributed by atoms with Crippen LogP contribution in [-0.4, -0.2) is 25.5 Å². The molecule has 0 aromatic heterocycles. The predicted octanol–water partition coefficient (Wildman–Crippen LogP) is 3.49. The van der Waals surface area contributed by atoms with Crippen LogP contribution in [-0.2, 0) is 4.79 Å². The van der Waals surface area contributed by atoms with Gasteiger partial charge in [-0.1, -0.05) is 45.4 Å². The van der Waals surface area contributed by atoms with Crippen molar-refractivity contribution in [2.24, 2.45) is 17.8 Å². The summed E-state index contributed by atoms with van der Waals surface area (Å²) in [5, 5.41) is 6.52. The number of hydrogen-bond donors (Lipinski definition) is 2. The molecule has 0 radical (unpaired) electrons. The van der Waals surface area contributed by atoms with E-state index in [1.165, 1.54) is 51.4 Å². The van der Waals surface area contributed by atoms with Gasteiger partial charge in [0.15, 0.2) is 0 Å². The lowest BCUT2D eigenvalue weighted by atomic mass is 9.84. The summed E-state index contributed by atoms with van der Waals surface area (Å²) in [6.45, 7) is 5.37. The summed E-state index contributed by atoms with van der Waals surface area (Å²) in [5.41, 5.74) is 0. The van der Waals surface area contributed by atoms with Gasteiger partial charge in [-0.15, -0.1) is 0 Å². The lowest BCUT2D eigenvalue weighted by Crippen LogP contribution is -2.33. The van der Waals surface area contributed by atoms with Gasteiger partial charge in [0.05, 0.1) is 0 Å². The number of hydrogen-bond acceptors (Lipinski definition) is 2. The molecule has 3 heteroatoms. The van der Waals surface area contributed by atoms with Crippen LogP contribution in [0.3, 0.4) is 0 Å². The van der Waals surface area contributed by atoms with Crippen molar-refractivity contribution in [1.82, 2.24) is 10.6 Å². The van der Waals surface area contributed by atoms with Gasteiger partial charge in [-0.2, -0.15) is 0 Å². The molecule has 0 aromatic rings. The molecule has 1 aliphatic carbocycles. The number of piperidine rings is 1. The molecule has 21 heavy (non-hydrogen) atoms. The first-order valence-corrected chi connectivity index (χ1v) is 9.23. The highest BCUT2D eigenvalue weighted by Gasteiger charge is 2.21. The number of carbonyl (C=O) groups is 1. The molecule has 2 fully saturated rings. The smallest absolute Gasteiger partial charge is 0.220 e. The molecular formula is C18H34N2O.